The summed E-state index contributed by atoms with van der Waals surface area (Å²) in [6, 6.07) is 0.953. The first-order valence-corrected chi connectivity index (χ1v) is 10.7. The van der Waals surface area contributed by atoms with Gasteiger partial charge in [-0.1, -0.05) is 6.92 Å². The Hall–Kier alpha value is -0.130. The topological polar surface area (TPSA) is 85.8 Å². The van der Waals surface area contributed by atoms with Crippen LogP contribution >= 0.6 is 24.0 Å². The first-order chi connectivity index (χ1) is 11.3. The highest BCUT2D eigenvalue weighted by Crippen LogP contribution is 2.18. The zero-order chi connectivity index (χ0) is 18.2. The highest BCUT2D eigenvalue weighted by molar-refractivity contribution is 14.0. The second-order valence-electron chi connectivity index (χ2n) is 6.69. The van der Waals surface area contributed by atoms with Gasteiger partial charge in [-0.25, -0.2) is 13.1 Å². The molecule has 0 radical (unpaired) electrons. The highest BCUT2D eigenvalue weighted by atomic mass is 127. The van der Waals surface area contributed by atoms with Crippen LogP contribution in [-0.2, 0) is 10.0 Å². The molecule has 1 rings (SSSR count). The average Bonchev–Trinajstić information content (AvgIpc) is 2.88. The number of likely N-dealkylation sites (tertiary alicyclic amines) is 1. The van der Waals surface area contributed by atoms with Crippen LogP contribution in [0.2, 0.25) is 0 Å². The first kappa shape index (κ1) is 24.9. The van der Waals surface area contributed by atoms with E-state index < -0.39 is 10.0 Å². The lowest BCUT2D eigenvalue weighted by molar-refractivity contribution is 0.265. The third kappa shape index (κ3) is 9.39. The Morgan fingerprint density at radius 2 is 1.96 bits per heavy atom. The lowest BCUT2D eigenvalue weighted by Crippen LogP contribution is -2.47. The summed E-state index contributed by atoms with van der Waals surface area (Å²) in [5.41, 5.74) is 0. The van der Waals surface area contributed by atoms with Gasteiger partial charge in [-0.05, 0) is 40.0 Å². The van der Waals surface area contributed by atoms with Crippen molar-refractivity contribution in [2.75, 3.05) is 38.5 Å². The molecular formula is C16H36IN5O2S. The molecule has 0 bridgehead atoms. The molecule has 0 saturated carbocycles. The van der Waals surface area contributed by atoms with E-state index in [1.54, 1.807) is 6.92 Å². The second kappa shape index (κ2) is 12.3. The molecule has 0 aromatic rings. The van der Waals surface area contributed by atoms with Crippen molar-refractivity contribution in [2.45, 2.75) is 53.1 Å². The van der Waals surface area contributed by atoms with E-state index in [0.29, 0.717) is 37.5 Å². The van der Waals surface area contributed by atoms with Crippen molar-refractivity contribution in [2.24, 2.45) is 10.9 Å². The maximum Gasteiger partial charge on any atom is 0.211 e. The fourth-order valence-corrected chi connectivity index (χ4v) is 3.37. The molecule has 0 aromatic carbocycles. The number of sulfonamides is 1. The zero-order valence-electron chi connectivity index (χ0n) is 16.2. The Kier molecular flexibility index (Phi) is 12.2. The predicted molar refractivity (Wildman–Crippen MR) is 116 cm³/mol. The Morgan fingerprint density at radius 1 is 1.28 bits per heavy atom. The van der Waals surface area contributed by atoms with Crippen LogP contribution in [0.4, 0.5) is 0 Å². The van der Waals surface area contributed by atoms with Gasteiger partial charge in [0.25, 0.3) is 0 Å². The van der Waals surface area contributed by atoms with E-state index in [0.717, 1.165) is 25.6 Å². The lowest BCUT2D eigenvalue weighted by Gasteiger charge is -2.22. The number of hydrogen-bond donors (Lipinski definition) is 3. The summed E-state index contributed by atoms with van der Waals surface area (Å²) in [6.07, 6.45) is 0.689. The van der Waals surface area contributed by atoms with Gasteiger partial charge < -0.3 is 10.6 Å². The fourth-order valence-electron chi connectivity index (χ4n) is 2.71. The molecule has 0 spiro atoms. The first-order valence-electron chi connectivity index (χ1n) is 9.05. The average molecular weight is 489 g/mol. The highest BCUT2D eigenvalue weighted by Gasteiger charge is 2.31. The molecule has 2 unspecified atom stereocenters. The number of aliphatic imine (C=N–C) groups is 1. The monoisotopic (exact) mass is 489 g/mol. The third-order valence-corrected chi connectivity index (χ3v) is 5.75. The largest absolute Gasteiger partial charge is 0.357 e. The van der Waals surface area contributed by atoms with Gasteiger partial charge in [0.15, 0.2) is 5.96 Å². The van der Waals surface area contributed by atoms with Crippen LogP contribution in [-0.4, -0.2) is 69.8 Å². The van der Waals surface area contributed by atoms with Crippen LogP contribution in [0.25, 0.3) is 0 Å². The minimum absolute atomic E-state index is 0. The molecule has 0 aromatic heterocycles. The van der Waals surface area contributed by atoms with Crippen LogP contribution in [0.15, 0.2) is 4.99 Å². The maximum atomic E-state index is 11.4. The molecule has 25 heavy (non-hydrogen) atoms. The van der Waals surface area contributed by atoms with E-state index >= 15 is 0 Å². The molecule has 0 amide bonds. The smallest absolute Gasteiger partial charge is 0.211 e. The fraction of sp³-hybridized carbons (Fsp3) is 0.938. The maximum absolute atomic E-state index is 11.4. The minimum Gasteiger partial charge on any atom is -0.357 e. The van der Waals surface area contributed by atoms with Crippen molar-refractivity contribution in [3.05, 3.63) is 0 Å². The van der Waals surface area contributed by atoms with Gasteiger partial charge in [0.1, 0.15) is 0 Å². The molecule has 9 heteroatoms. The van der Waals surface area contributed by atoms with Crippen LogP contribution in [0.1, 0.15) is 41.0 Å². The van der Waals surface area contributed by atoms with Crippen LogP contribution in [0.3, 0.4) is 0 Å². The van der Waals surface area contributed by atoms with Gasteiger partial charge in [-0.2, -0.15) is 0 Å². The Balaban J connectivity index is 0.00000576. The molecule has 2 atom stereocenters. The number of halogens is 1. The number of guanidine groups is 1. The molecule has 1 saturated heterocycles. The molecule has 0 aliphatic carbocycles. The summed E-state index contributed by atoms with van der Waals surface area (Å²) < 4.78 is 25.3. The van der Waals surface area contributed by atoms with E-state index in [2.05, 4.69) is 46.0 Å². The van der Waals surface area contributed by atoms with E-state index in [1.807, 2.05) is 6.92 Å². The normalized spacial score (nSPS) is 22.1. The zero-order valence-corrected chi connectivity index (χ0v) is 19.4. The van der Waals surface area contributed by atoms with Crippen molar-refractivity contribution in [3.8, 4) is 0 Å². The van der Waals surface area contributed by atoms with Gasteiger partial charge in [-0.3, -0.25) is 9.89 Å². The summed E-state index contributed by atoms with van der Waals surface area (Å²) in [5.74, 6) is 1.51. The summed E-state index contributed by atoms with van der Waals surface area (Å²) in [7, 11) is -3.11. The van der Waals surface area contributed by atoms with Gasteiger partial charge in [0.05, 0.1) is 5.75 Å². The molecule has 150 valence electrons. The lowest BCUT2D eigenvalue weighted by atomic mass is 10.1. The van der Waals surface area contributed by atoms with Crippen molar-refractivity contribution in [1.82, 2.24) is 20.3 Å². The SMILES string of the molecule is CCNC(=NCCCNS(=O)(=O)CC)NC1CN(C(C)C)CC1C.I. The Bertz CT molecular complexity index is 499. The van der Waals surface area contributed by atoms with Crippen LogP contribution in [0, 0.1) is 5.92 Å². The van der Waals surface area contributed by atoms with Gasteiger partial charge in [0.2, 0.25) is 10.0 Å². The van der Waals surface area contributed by atoms with E-state index in [9.17, 15) is 8.42 Å². The molecule has 7 nitrogen and oxygen atoms in total. The molecular weight excluding hydrogens is 453 g/mol. The summed E-state index contributed by atoms with van der Waals surface area (Å²) in [4.78, 5) is 7.05. The summed E-state index contributed by atoms with van der Waals surface area (Å²) in [6.45, 7) is 14.4. The number of rotatable bonds is 9. The Labute approximate surface area is 170 Å². The summed E-state index contributed by atoms with van der Waals surface area (Å²) >= 11 is 0. The van der Waals surface area contributed by atoms with Crippen molar-refractivity contribution in [1.29, 1.82) is 0 Å². The number of hydrogen-bond acceptors (Lipinski definition) is 4. The molecule has 1 aliphatic heterocycles. The quantitative estimate of drug-likeness (QED) is 0.196. The van der Waals surface area contributed by atoms with Crippen LogP contribution in [0.5, 0.6) is 0 Å². The molecule has 1 heterocycles. The minimum atomic E-state index is -3.11. The predicted octanol–water partition coefficient (Wildman–Crippen LogP) is 1.22. The molecule has 1 aliphatic rings. The molecule has 1 fully saturated rings. The van der Waals surface area contributed by atoms with Gasteiger partial charge in [-0.15, -0.1) is 24.0 Å². The van der Waals surface area contributed by atoms with Crippen LogP contribution < -0.4 is 15.4 Å². The van der Waals surface area contributed by atoms with Crippen molar-refractivity contribution >= 4 is 40.0 Å². The second-order valence-corrected chi connectivity index (χ2v) is 8.78. The third-order valence-electron chi connectivity index (χ3n) is 4.34. The van der Waals surface area contributed by atoms with Gasteiger partial charge >= 0.3 is 0 Å². The number of nitrogens with zero attached hydrogens (tertiary/aromatic N) is 2. The molecule has 3 N–H and O–H groups in total. The summed E-state index contributed by atoms with van der Waals surface area (Å²) in [5, 5.41) is 6.80. The van der Waals surface area contributed by atoms with E-state index in [-0.39, 0.29) is 29.7 Å². The van der Waals surface area contributed by atoms with Crippen molar-refractivity contribution in [3.63, 3.8) is 0 Å². The van der Waals surface area contributed by atoms with E-state index in [4.69, 9.17) is 0 Å². The van der Waals surface area contributed by atoms with Gasteiger partial charge in [0, 0.05) is 44.8 Å². The Morgan fingerprint density at radius 3 is 2.48 bits per heavy atom. The number of nitrogens with one attached hydrogen (secondary N) is 3. The van der Waals surface area contributed by atoms with Crippen molar-refractivity contribution < 1.29 is 8.42 Å². The standard InChI is InChI=1S/C16H35N5O2S.HI/c1-6-17-16(18-9-8-10-19-24(22,23)7-2)20-15-12-21(13(3)4)11-14(15)5;/h13-15,19H,6-12H2,1-5H3,(H2,17,18,20);1H. The van der Waals surface area contributed by atoms with E-state index in [1.165, 1.54) is 0 Å².